The maximum atomic E-state index is 11.1. The minimum atomic E-state index is -1.10. The second-order valence-electron chi connectivity index (χ2n) is 2.97. The smallest absolute Gasteiger partial charge is 0.320 e. The van der Waals surface area contributed by atoms with E-state index in [4.69, 9.17) is 10.8 Å². The van der Waals surface area contributed by atoms with E-state index in [9.17, 15) is 9.59 Å². The Morgan fingerprint density at radius 3 is 2.93 bits per heavy atom. The Labute approximate surface area is 85.8 Å². The highest BCUT2D eigenvalue weighted by molar-refractivity contribution is 6.01. The molecule has 0 radical (unpaired) electrons. The van der Waals surface area contributed by atoms with Crippen LogP contribution in [0.2, 0.25) is 0 Å². The number of hydrogen-bond acceptors (Lipinski definition) is 4. The van der Waals surface area contributed by atoms with Crippen molar-refractivity contribution < 1.29 is 14.7 Å². The number of aliphatic carboxylic acids is 1. The summed E-state index contributed by atoms with van der Waals surface area (Å²) in [6.45, 7) is 3.31. The summed E-state index contributed by atoms with van der Waals surface area (Å²) < 4.78 is 0. The predicted molar refractivity (Wildman–Crippen MR) is 52.4 cm³/mol. The number of H-pyrrole nitrogens is 1. The van der Waals surface area contributed by atoms with Crippen LogP contribution < -0.4 is 5.73 Å². The molecule has 0 aromatic carbocycles. The number of allylic oxidation sites excluding steroid dienone is 1. The summed E-state index contributed by atoms with van der Waals surface area (Å²) >= 11 is 0. The summed E-state index contributed by atoms with van der Waals surface area (Å²) in [5.74, 6) is -1.30. The van der Waals surface area contributed by atoms with Crippen LogP contribution in [0, 0.1) is 0 Å². The molecular weight excluding hydrogens is 198 g/mol. The van der Waals surface area contributed by atoms with Crippen molar-refractivity contribution in [3.05, 3.63) is 30.4 Å². The molecule has 6 nitrogen and oxygen atoms in total. The number of rotatable bonds is 5. The summed E-state index contributed by atoms with van der Waals surface area (Å²) in [5.41, 5.74) is 5.82. The fourth-order valence-corrected chi connectivity index (χ4v) is 1.01. The molecule has 1 aromatic heterocycles. The number of nitrogens with two attached hydrogens (primary N) is 1. The van der Waals surface area contributed by atoms with Crippen molar-refractivity contribution in [1.82, 2.24) is 9.97 Å². The van der Waals surface area contributed by atoms with E-state index < -0.39 is 12.0 Å². The SMILES string of the molecule is C=CC(=O)c1ncc(C[C@H](N)C(=O)O)[nH]1. The molecule has 0 bridgehead atoms. The van der Waals surface area contributed by atoms with Crippen molar-refractivity contribution in [2.75, 3.05) is 0 Å². The molecule has 6 heteroatoms. The number of aromatic amines is 1. The summed E-state index contributed by atoms with van der Waals surface area (Å²) in [5, 5.41) is 8.56. The molecule has 0 aliphatic rings. The molecule has 1 atom stereocenters. The number of carboxylic acid groups (broad SMARTS) is 1. The first kappa shape index (κ1) is 11.1. The van der Waals surface area contributed by atoms with Crippen LogP contribution in [0.1, 0.15) is 16.3 Å². The molecule has 1 rings (SSSR count). The summed E-state index contributed by atoms with van der Waals surface area (Å²) in [7, 11) is 0. The van der Waals surface area contributed by atoms with Crippen molar-refractivity contribution in [1.29, 1.82) is 0 Å². The van der Waals surface area contributed by atoms with E-state index in [-0.39, 0.29) is 18.0 Å². The van der Waals surface area contributed by atoms with Gasteiger partial charge in [0.1, 0.15) is 6.04 Å². The van der Waals surface area contributed by atoms with Crippen LogP contribution in [-0.4, -0.2) is 32.9 Å². The summed E-state index contributed by atoms with van der Waals surface area (Å²) in [6, 6.07) is -1.00. The zero-order valence-corrected chi connectivity index (χ0v) is 7.93. The number of aromatic nitrogens is 2. The van der Waals surface area contributed by atoms with Crippen LogP contribution in [-0.2, 0) is 11.2 Å². The Morgan fingerprint density at radius 2 is 2.40 bits per heavy atom. The van der Waals surface area contributed by atoms with Gasteiger partial charge in [0.05, 0.1) is 0 Å². The molecule has 0 aliphatic carbocycles. The topological polar surface area (TPSA) is 109 Å². The van der Waals surface area contributed by atoms with E-state index >= 15 is 0 Å². The fraction of sp³-hybridized carbons (Fsp3) is 0.222. The standard InChI is InChI=1S/C9H11N3O3/c1-2-7(13)8-11-4-5(12-8)3-6(10)9(14)15/h2,4,6H,1,3,10H2,(H,11,12)(H,14,15)/t6-/m0/s1. The lowest BCUT2D eigenvalue weighted by molar-refractivity contribution is -0.138. The fourth-order valence-electron chi connectivity index (χ4n) is 1.01. The third kappa shape index (κ3) is 2.75. The second-order valence-corrected chi connectivity index (χ2v) is 2.97. The number of imidazole rings is 1. The van der Waals surface area contributed by atoms with Crippen LogP contribution in [0.4, 0.5) is 0 Å². The van der Waals surface area contributed by atoms with E-state index in [1.54, 1.807) is 0 Å². The van der Waals surface area contributed by atoms with Gasteiger partial charge in [-0.2, -0.15) is 0 Å². The lowest BCUT2D eigenvalue weighted by Gasteiger charge is -2.02. The van der Waals surface area contributed by atoms with Gasteiger partial charge >= 0.3 is 5.97 Å². The van der Waals surface area contributed by atoms with Gasteiger partial charge in [-0.05, 0) is 6.08 Å². The average molecular weight is 209 g/mol. The molecule has 0 saturated heterocycles. The number of carboxylic acids is 1. The van der Waals surface area contributed by atoms with Crippen LogP contribution in [0.25, 0.3) is 0 Å². The third-order valence-corrected chi connectivity index (χ3v) is 1.80. The molecule has 80 valence electrons. The van der Waals surface area contributed by atoms with Gasteiger partial charge in [-0.1, -0.05) is 6.58 Å². The molecule has 0 spiro atoms. The Kier molecular flexibility index (Phi) is 3.35. The number of carbonyl (C=O) groups excluding carboxylic acids is 1. The molecule has 1 heterocycles. The van der Waals surface area contributed by atoms with Gasteiger partial charge in [0, 0.05) is 18.3 Å². The lowest BCUT2D eigenvalue weighted by Crippen LogP contribution is -2.32. The van der Waals surface area contributed by atoms with Crippen LogP contribution >= 0.6 is 0 Å². The van der Waals surface area contributed by atoms with Gasteiger partial charge in [-0.3, -0.25) is 9.59 Å². The maximum absolute atomic E-state index is 11.1. The van der Waals surface area contributed by atoms with Crippen molar-refractivity contribution in [3.63, 3.8) is 0 Å². The normalized spacial score (nSPS) is 12.1. The van der Waals surface area contributed by atoms with E-state index in [0.29, 0.717) is 5.69 Å². The number of ketones is 1. The summed E-state index contributed by atoms with van der Waals surface area (Å²) in [4.78, 5) is 28.0. The van der Waals surface area contributed by atoms with E-state index in [1.807, 2.05) is 0 Å². The van der Waals surface area contributed by atoms with E-state index in [1.165, 1.54) is 6.20 Å². The lowest BCUT2D eigenvalue weighted by atomic mass is 10.2. The zero-order valence-electron chi connectivity index (χ0n) is 7.93. The van der Waals surface area contributed by atoms with Gasteiger partial charge in [-0.25, -0.2) is 4.98 Å². The Balaban J connectivity index is 2.72. The highest BCUT2D eigenvalue weighted by atomic mass is 16.4. The van der Waals surface area contributed by atoms with Crippen molar-refractivity contribution in [2.24, 2.45) is 5.73 Å². The molecule has 15 heavy (non-hydrogen) atoms. The quantitative estimate of drug-likeness (QED) is 0.457. The molecule has 4 N–H and O–H groups in total. The van der Waals surface area contributed by atoms with Crippen LogP contribution in [0.15, 0.2) is 18.9 Å². The number of hydrogen-bond donors (Lipinski definition) is 3. The Hall–Kier alpha value is -1.95. The van der Waals surface area contributed by atoms with E-state index in [2.05, 4.69) is 16.5 Å². The first-order chi connectivity index (χ1) is 7.04. The van der Waals surface area contributed by atoms with Crippen molar-refractivity contribution in [2.45, 2.75) is 12.5 Å². The monoisotopic (exact) mass is 209 g/mol. The van der Waals surface area contributed by atoms with Gasteiger partial charge in [-0.15, -0.1) is 0 Å². The second kappa shape index (κ2) is 4.52. The third-order valence-electron chi connectivity index (χ3n) is 1.80. The minimum absolute atomic E-state index is 0.104. The van der Waals surface area contributed by atoms with Gasteiger partial charge in [0.25, 0.3) is 0 Å². The molecule has 0 fully saturated rings. The number of nitrogens with zero attached hydrogens (tertiary/aromatic N) is 1. The molecule has 0 unspecified atom stereocenters. The minimum Gasteiger partial charge on any atom is -0.480 e. The molecule has 1 aromatic rings. The zero-order chi connectivity index (χ0) is 11.4. The molecule has 0 saturated carbocycles. The number of nitrogens with one attached hydrogen (secondary N) is 1. The number of carbonyl (C=O) groups is 2. The highest BCUT2D eigenvalue weighted by Gasteiger charge is 2.14. The summed E-state index contributed by atoms with van der Waals surface area (Å²) in [6.07, 6.45) is 2.62. The Bertz CT molecular complexity index is 397. The Morgan fingerprint density at radius 1 is 1.73 bits per heavy atom. The average Bonchev–Trinajstić information content (AvgIpc) is 2.65. The highest BCUT2D eigenvalue weighted by Crippen LogP contribution is 2.01. The molecule has 0 amide bonds. The first-order valence-corrected chi connectivity index (χ1v) is 4.23. The van der Waals surface area contributed by atoms with Crippen molar-refractivity contribution in [3.8, 4) is 0 Å². The molecule has 0 aliphatic heterocycles. The van der Waals surface area contributed by atoms with E-state index in [0.717, 1.165) is 6.08 Å². The van der Waals surface area contributed by atoms with Crippen LogP contribution in [0.5, 0.6) is 0 Å². The molecular formula is C9H11N3O3. The van der Waals surface area contributed by atoms with Gasteiger partial charge in [0.2, 0.25) is 5.78 Å². The van der Waals surface area contributed by atoms with Gasteiger partial charge < -0.3 is 15.8 Å². The van der Waals surface area contributed by atoms with Gasteiger partial charge in [0.15, 0.2) is 5.82 Å². The first-order valence-electron chi connectivity index (χ1n) is 4.23. The largest absolute Gasteiger partial charge is 0.480 e. The van der Waals surface area contributed by atoms with Crippen molar-refractivity contribution >= 4 is 11.8 Å². The predicted octanol–water partition coefficient (Wildman–Crippen LogP) is -0.267. The maximum Gasteiger partial charge on any atom is 0.320 e. The van der Waals surface area contributed by atoms with Crippen LogP contribution in [0.3, 0.4) is 0 Å².